The second-order valence-corrected chi connectivity index (χ2v) is 3.35. The molecule has 0 bridgehead atoms. The smallest absolute Gasteiger partial charge is 0.105 e. The molecule has 0 fully saturated rings. The molecule has 1 aliphatic rings. The van der Waals surface area contributed by atoms with Crippen molar-refractivity contribution in [1.29, 1.82) is 0 Å². The van der Waals surface area contributed by atoms with Crippen molar-refractivity contribution in [3.05, 3.63) is 34.6 Å². The maximum absolute atomic E-state index is 4.02. The Morgan fingerprint density at radius 3 is 2.58 bits per heavy atom. The van der Waals surface area contributed by atoms with E-state index in [0.717, 1.165) is 15.7 Å². The number of rotatable bonds is 1. The predicted octanol–water partition coefficient (Wildman–Crippen LogP) is 2.61. The minimum atomic E-state index is 0.650. The molecule has 2 rings (SSSR count). The second-order valence-electron chi connectivity index (χ2n) is 2.39. The van der Waals surface area contributed by atoms with Crippen molar-refractivity contribution in [2.75, 3.05) is 6.54 Å². The Labute approximate surface area is 78.4 Å². The van der Waals surface area contributed by atoms with E-state index in [0.29, 0.717) is 6.54 Å². The van der Waals surface area contributed by atoms with Crippen LogP contribution in [0.2, 0.25) is 0 Å². The topological polar surface area (TPSA) is 37.6 Å². The molecule has 60 valence electrons. The molecule has 0 spiro atoms. The van der Waals surface area contributed by atoms with Crippen LogP contribution in [-0.4, -0.2) is 11.5 Å². The van der Waals surface area contributed by atoms with E-state index in [1.807, 2.05) is 12.1 Å². The highest BCUT2D eigenvalue weighted by Crippen LogP contribution is 2.28. The van der Waals surface area contributed by atoms with Crippen molar-refractivity contribution in [2.24, 2.45) is 10.2 Å². The Morgan fingerprint density at radius 1 is 1.25 bits per heavy atom. The summed E-state index contributed by atoms with van der Waals surface area (Å²) in [6, 6.07) is 3.84. The van der Waals surface area contributed by atoms with Crippen molar-refractivity contribution in [2.45, 2.75) is 0 Å². The second kappa shape index (κ2) is 3.15. The summed E-state index contributed by atoms with van der Waals surface area (Å²) in [6.45, 7) is 0.650. The van der Waals surface area contributed by atoms with Crippen LogP contribution in [0.3, 0.4) is 0 Å². The number of aromatic nitrogens is 1. The van der Waals surface area contributed by atoms with E-state index in [1.165, 1.54) is 0 Å². The fraction of sp³-hybridized carbons (Fsp3) is 0.125. The lowest BCUT2D eigenvalue weighted by Crippen LogP contribution is -1.81. The van der Waals surface area contributed by atoms with Gasteiger partial charge in [-0.2, -0.15) is 10.2 Å². The zero-order chi connectivity index (χ0) is 8.39. The molecule has 0 aromatic carbocycles. The Morgan fingerprint density at radius 2 is 2.00 bits per heavy atom. The van der Waals surface area contributed by atoms with E-state index in [9.17, 15) is 0 Å². The van der Waals surface area contributed by atoms with Crippen LogP contribution in [-0.2, 0) is 0 Å². The van der Waals surface area contributed by atoms with Gasteiger partial charge in [0.05, 0.1) is 6.54 Å². The zero-order valence-electron chi connectivity index (χ0n) is 6.24. The summed E-state index contributed by atoms with van der Waals surface area (Å²) < 4.78 is 1.04. The summed E-state index contributed by atoms with van der Waals surface area (Å²) in [5.41, 5.74) is 1.97. The van der Waals surface area contributed by atoms with E-state index in [2.05, 4.69) is 31.1 Å². The minimum Gasteiger partial charge on any atom is -0.265 e. The maximum Gasteiger partial charge on any atom is 0.105 e. The van der Waals surface area contributed by atoms with Crippen molar-refractivity contribution in [1.82, 2.24) is 4.98 Å². The highest BCUT2D eigenvalue weighted by Gasteiger charge is 2.10. The van der Waals surface area contributed by atoms with Gasteiger partial charge in [0.1, 0.15) is 5.70 Å². The quantitative estimate of drug-likeness (QED) is 0.722. The molecule has 0 saturated carbocycles. The first-order valence-corrected chi connectivity index (χ1v) is 4.34. The predicted molar refractivity (Wildman–Crippen MR) is 49.8 cm³/mol. The average Bonchev–Trinajstić information content (AvgIpc) is 2.53. The highest BCUT2D eigenvalue weighted by atomic mass is 79.9. The highest BCUT2D eigenvalue weighted by molar-refractivity contribution is 9.11. The molecule has 0 N–H and O–H groups in total. The van der Waals surface area contributed by atoms with Gasteiger partial charge >= 0.3 is 0 Å². The monoisotopic (exact) mass is 223 g/mol. The molecular weight excluding hydrogens is 218 g/mol. The number of halogens is 1. The lowest BCUT2D eigenvalue weighted by Gasteiger charge is -1.96. The van der Waals surface area contributed by atoms with Crippen LogP contribution >= 0.6 is 15.9 Å². The molecule has 0 aliphatic carbocycles. The molecular formula is C8H6BrN3. The van der Waals surface area contributed by atoms with E-state index in [4.69, 9.17) is 0 Å². The number of azo groups is 1. The van der Waals surface area contributed by atoms with E-state index < -0.39 is 0 Å². The Kier molecular flexibility index (Phi) is 1.99. The van der Waals surface area contributed by atoms with Crippen molar-refractivity contribution >= 4 is 21.6 Å². The van der Waals surface area contributed by atoms with Gasteiger partial charge in [0.2, 0.25) is 0 Å². The zero-order valence-corrected chi connectivity index (χ0v) is 7.82. The van der Waals surface area contributed by atoms with Crippen LogP contribution in [0, 0.1) is 0 Å². The van der Waals surface area contributed by atoms with Gasteiger partial charge in [0.15, 0.2) is 0 Å². The van der Waals surface area contributed by atoms with Gasteiger partial charge in [-0.15, -0.1) is 0 Å². The molecule has 1 aliphatic heterocycles. The van der Waals surface area contributed by atoms with E-state index in [1.54, 1.807) is 12.4 Å². The lowest BCUT2D eigenvalue weighted by molar-refractivity contribution is 1.14. The third-order valence-corrected chi connectivity index (χ3v) is 2.22. The number of hydrogen-bond acceptors (Lipinski definition) is 3. The SMILES string of the molecule is BrC1=C(c2ccncc2)N=NC1. The van der Waals surface area contributed by atoms with Crippen LogP contribution in [0.15, 0.2) is 39.2 Å². The summed E-state index contributed by atoms with van der Waals surface area (Å²) in [5.74, 6) is 0. The van der Waals surface area contributed by atoms with Crippen molar-refractivity contribution < 1.29 is 0 Å². The standard InChI is InChI=1S/C8H6BrN3/c9-7-5-11-12-8(7)6-1-3-10-4-2-6/h1-4H,5H2. The molecule has 12 heavy (non-hydrogen) atoms. The van der Waals surface area contributed by atoms with Gasteiger partial charge < -0.3 is 0 Å². The fourth-order valence-electron chi connectivity index (χ4n) is 1.02. The van der Waals surface area contributed by atoms with Crippen LogP contribution in [0.5, 0.6) is 0 Å². The number of pyridine rings is 1. The Bertz CT molecular complexity index is 343. The first-order chi connectivity index (χ1) is 5.88. The molecule has 0 unspecified atom stereocenters. The summed E-state index contributed by atoms with van der Waals surface area (Å²) in [7, 11) is 0. The molecule has 1 aromatic rings. The molecule has 0 amide bonds. The first-order valence-electron chi connectivity index (χ1n) is 3.54. The van der Waals surface area contributed by atoms with Crippen LogP contribution in [0.1, 0.15) is 5.56 Å². The van der Waals surface area contributed by atoms with Gasteiger partial charge in [-0.1, -0.05) is 15.9 Å². The summed E-state index contributed by atoms with van der Waals surface area (Å²) in [6.07, 6.45) is 3.49. The molecule has 0 saturated heterocycles. The fourth-order valence-corrected chi connectivity index (χ4v) is 1.44. The van der Waals surface area contributed by atoms with Crippen LogP contribution in [0.25, 0.3) is 5.70 Å². The number of nitrogens with zero attached hydrogens (tertiary/aromatic N) is 3. The van der Waals surface area contributed by atoms with Crippen molar-refractivity contribution in [3.63, 3.8) is 0 Å². The lowest BCUT2D eigenvalue weighted by atomic mass is 10.2. The van der Waals surface area contributed by atoms with E-state index in [-0.39, 0.29) is 0 Å². The summed E-state index contributed by atoms with van der Waals surface area (Å²) in [4.78, 5) is 3.93. The van der Waals surface area contributed by atoms with Crippen LogP contribution in [0.4, 0.5) is 0 Å². The maximum atomic E-state index is 4.02. The largest absolute Gasteiger partial charge is 0.265 e. The minimum absolute atomic E-state index is 0.650. The first kappa shape index (κ1) is 7.61. The number of hydrogen-bond donors (Lipinski definition) is 0. The van der Waals surface area contributed by atoms with Crippen molar-refractivity contribution in [3.8, 4) is 0 Å². The van der Waals surface area contributed by atoms with Crippen LogP contribution < -0.4 is 0 Å². The third-order valence-electron chi connectivity index (χ3n) is 1.59. The normalized spacial score (nSPS) is 15.8. The summed E-state index contributed by atoms with van der Waals surface area (Å²) >= 11 is 3.41. The van der Waals surface area contributed by atoms with Gasteiger partial charge in [-0.25, -0.2) is 0 Å². The Hall–Kier alpha value is -1.03. The third kappa shape index (κ3) is 1.30. The molecule has 2 heterocycles. The molecule has 0 radical (unpaired) electrons. The van der Waals surface area contributed by atoms with E-state index >= 15 is 0 Å². The molecule has 1 aromatic heterocycles. The van der Waals surface area contributed by atoms with Gasteiger partial charge in [-0.05, 0) is 12.1 Å². The summed E-state index contributed by atoms with van der Waals surface area (Å²) in [5, 5.41) is 7.92. The molecule has 4 heteroatoms. The van der Waals surface area contributed by atoms with Gasteiger partial charge in [0.25, 0.3) is 0 Å². The van der Waals surface area contributed by atoms with Gasteiger partial charge in [-0.3, -0.25) is 4.98 Å². The molecule has 0 atom stereocenters. The Balaban J connectivity index is 2.44. The van der Waals surface area contributed by atoms with Gasteiger partial charge in [0, 0.05) is 22.4 Å². The molecule has 3 nitrogen and oxygen atoms in total. The average molecular weight is 224 g/mol.